The molecular formula is C14H18ClN3O2. The molecule has 5 nitrogen and oxygen atoms in total. The maximum Gasteiger partial charge on any atom is 0.324 e. The summed E-state index contributed by atoms with van der Waals surface area (Å²) in [6, 6.07) is 9.39. The van der Waals surface area contributed by atoms with Gasteiger partial charge in [-0.15, -0.1) is 11.6 Å². The first-order valence-electron chi connectivity index (χ1n) is 6.51. The van der Waals surface area contributed by atoms with E-state index in [4.69, 9.17) is 11.6 Å². The number of imide groups is 1. The Bertz CT molecular complexity index is 481. The molecule has 20 heavy (non-hydrogen) atoms. The molecule has 1 aliphatic heterocycles. The first-order chi connectivity index (χ1) is 9.61. The molecule has 0 spiro atoms. The van der Waals surface area contributed by atoms with Gasteiger partial charge in [0.25, 0.3) is 0 Å². The molecular weight excluding hydrogens is 278 g/mol. The molecule has 0 aliphatic carbocycles. The Morgan fingerprint density at radius 2 is 2.00 bits per heavy atom. The van der Waals surface area contributed by atoms with Crippen LogP contribution in [0.4, 0.5) is 4.79 Å². The molecule has 1 aliphatic rings. The summed E-state index contributed by atoms with van der Waals surface area (Å²) in [6.07, 6.45) is 0. The summed E-state index contributed by atoms with van der Waals surface area (Å²) in [4.78, 5) is 27.3. The number of rotatable bonds is 2. The van der Waals surface area contributed by atoms with Crippen LogP contribution < -0.4 is 5.32 Å². The summed E-state index contributed by atoms with van der Waals surface area (Å²) in [7, 11) is 2.02. The zero-order valence-corrected chi connectivity index (χ0v) is 12.1. The fraction of sp³-hybridized carbons (Fsp3) is 0.429. The van der Waals surface area contributed by atoms with Gasteiger partial charge >= 0.3 is 6.03 Å². The molecule has 1 aromatic rings. The van der Waals surface area contributed by atoms with E-state index in [1.807, 2.05) is 37.4 Å². The first-order valence-corrected chi connectivity index (χ1v) is 7.05. The summed E-state index contributed by atoms with van der Waals surface area (Å²) in [5.74, 6) is -0.683. The molecule has 0 bridgehead atoms. The highest BCUT2D eigenvalue weighted by Crippen LogP contribution is 2.24. The van der Waals surface area contributed by atoms with Gasteiger partial charge in [0.2, 0.25) is 5.91 Å². The highest BCUT2D eigenvalue weighted by atomic mass is 35.5. The van der Waals surface area contributed by atoms with Crippen molar-refractivity contribution < 1.29 is 9.59 Å². The number of carbonyl (C=O) groups is 2. The van der Waals surface area contributed by atoms with E-state index in [0.717, 1.165) is 18.7 Å². The van der Waals surface area contributed by atoms with Crippen molar-refractivity contribution in [3.8, 4) is 0 Å². The third kappa shape index (κ3) is 3.49. The van der Waals surface area contributed by atoms with Gasteiger partial charge in [-0.25, -0.2) is 4.79 Å². The van der Waals surface area contributed by atoms with Crippen LogP contribution in [0.25, 0.3) is 0 Å². The van der Waals surface area contributed by atoms with Gasteiger partial charge < -0.3 is 9.80 Å². The Labute approximate surface area is 123 Å². The third-order valence-corrected chi connectivity index (χ3v) is 3.64. The van der Waals surface area contributed by atoms with Gasteiger partial charge in [0.15, 0.2) is 0 Å². The van der Waals surface area contributed by atoms with Crippen molar-refractivity contribution in [2.24, 2.45) is 0 Å². The van der Waals surface area contributed by atoms with Crippen molar-refractivity contribution in [2.45, 2.75) is 6.04 Å². The second-order valence-electron chi connectivity index (χ2n) is 4.87. The normalized spacial score (nSPS) is 19.7. The fourth-order valence-corrected chi connectivity index (χ4v) is 2.41. The number of hydrogen-bond donors (Lipinski definition) is 1. The van der Waals surface area contributed by atoms with Gasteiger partial charge in [-0.3, -0.25) is 10.1 Å². The molecule has 0 radical (unpaired) electrons. The lowest BCUT2D eigenvalue weighted by Gasteiger charge is -2.40. The fourth-order valence-electron chi connectivity index (χ4n) is 2.35. The molecule has 1 atom stereocenters. The minimum Gasteiger partial charge on any atom is -0.315 e. The Hall–Kier alpha value is -1.59. The number of benzene rings is 1. The van der Waals surface area contributed by atoms with Crippen LogP contribution in [0.15, 0.2) is 30.3 Å². The molecule has 0 saturated carbocycles. The maximum atomic E-state index is 12.2. The summed E-state index contributed by atoms with van der Waals surface area (Å²) >= 11 is 5.42. The van der Waals surface area contributed by atoms with E-state index in [1.54, 1.807) is 4.90 Å². The Kier molecular flexibility index (Phi) is 4.98. The number of carbonyl (C=O) groups excluding carboxylic acids is 2. The molecule has 1 aromatic carbocycles. The predicted octanol–water partition coefficient (Wildman–Crippen LogP) is 1.45. The largest absolute Gasteiger partial charge is 0.324 e. The molecule has 6 heteroatoms. The zero-order chi connectivity index (χ0) is 14.5. The molecule has 1 N–H and O–H groups in total. The minimum atomic E-state index is -0.470. The zero-order valence-electron chi connectivity index (χ0n) is 11.4. The first kappa shape index (κ1) is 14.8. The number of halogens is 1. The van der Waals surface area contributed by atoms with E-state index in [9.17, 15) is 9.59 Å². The standard InChI is InChI=1S/C14H18ClN3O2/c1-17-7-8-18(14(20)16-13(19)9-15)12(10-17)11-5-3-2-4-6-11/h2-6,12H,7-10H2,1H3,(H,16,19,20). The number of urea groups is 1. The van der Waals surface area contributed by atoms with E-state index in [1.165, 1.54) is 0 Å². The molecule has 108 valence electrons. The van der Waals surface area contributed by atoms with Crippen molar-refractivity contribution in [1.29, 1.82) is 0 Å². The van der Waals surface area contributed by atoms with E-state index < -0.39 is 5.91 Å². The van der Waals surface area contributed by atoms with Crippen LogP contribution >= 0.6 is 11.6 Å². The van der Waals surface area contributed by atoms with Crippen LogP contribution in [0.1, 0.15) is 11.6 Å². The minimum absolute atomic E-state index is 0.0573. The van der Waals surface area contributed by atoms with Gasteiger partial charge in [0.05, 0.1) is 6.04 Å². The number of likely N-dealkylation sites (N-methyl/N-ethyl adjacent to an activating group) is 1. The monoisotopic (exact) mass is 295 g/mol. The highest BCUT2D eigenvalue weighted by molar-refractivity contribution is 6.28. The average Bonchev–Trinajstić information content (AvgIpc) is 2.47. The lowest BCUT2D eigenvalue weighted by molar-refractivity contribution is -0.117. The van der Waals surface area contributed by atoms with Crippen molar-refractivity contribution in [3.63, 3.8) is 0 Å². The van der Waals surface area contributed by atoms with Gasteiger partial charge in [0.1, 0.15) is 5.88 Å². The smallest absolute Gasteiger partial charge is 0.315 e. The van der Waals surface area contributed by atoms with E-state index >= 15 is 0 Å². The summed E-state index contributed by atoms with van der Waals surface area (Å²) in [6.45, 7) is 2.11. The molecule has 1 heterocycles. The number of amides is 3. The quantitative estimate of drug-likeness (QED) is 0.840. The van der Waals surface area contributed by atoms with E-state index in [0.29, 0.717) is 6.54 Å². The van der Waals surface area contributed by atoms with Crippen LogP contribution in [0.5, 0.6) is 0 Å². The maximum absolute atomic E-state index is 12.2. The number of alkyl halides is 1. The molecule has 2 rings (SSSR count). The highest BCUT2D eigenvalue weighted by Gasteiger charge is 2.30. The lowest BCUT2D eigenvalue weighted by atomic mass is 10.0. The van der Waals surface area contributed by atoms with E-state index in [-0.39, 0.29) is 18.0 Å². The van der Waals surface area contributed by atoms with Crippen molar-refractivity contribution in [1.82, 2.24) is 15.1 Å². The number of piperazine rings is 1. The molecule has 1 saturated heterocycles. The number of nitrogens with zero attached hydrogens (tertiary/aromatic N) is 2. The van der Waals surface area contributed by atoms with Gasteiger partial charge in [-0.05, 0) is 12.6 Å². The van der Waals surface area contributed by atoms with Crippen LogP contribution in [-0.4, -0.2) is 54.3 Å². The van der Waals surface area contributed by atoms with E-state index in [2.05, 4.69) is 10.2 Å². The Morgan fingerprint density at radius 3 is 2.65 bits per heavy atom. The second kappa shape index (κ2) is 6.72. The van der Waals surface area contributed by atoms with Crippen LogP contribution in [0.3, 0.4) is 0 Å². The summed E-state index contributed by atoms with van der Waals surface area (Å²) in [5, 5.41) is 2.31. The molecule has 1 unspecified atom stereocenters. The van der Waals surface area contributed by atoms with Crippen LogP contribution in [0, 0.1) is 0 Å². The predicted molar refractivity (Wildman–Crippen MR) is 77.6 cm³/mol. The molecule has 3 amide bonds. The lowest BCUT2D eigenvalue weighted by Crippen LogP contribution is -2.53. The number of hydrogen-bond acceptors (Lipinski definition) is 3. The van der Waals surface area contributed by atoms with Gasteiger partial charge in [-0.1, -0.05) is 30.3 Å². The van der Waals surface area contributed by atoms with Crippen LogP contribution in [-0.2, 0) is 4.79 Å². The molecule has 0 aromatic heterocycles. The number of nitrogens with one attached hydrogen (secondary N) is 1. The van der Waals surface area contributed by atoms with Crippen molar-refractivity contribution >= 4 is 23.5 Å². The van der Waals surface area contributed by atoms with Crippen molar-refractivity contribution in [2.75, 3.05) is 32.6 Å². The third-order valence-electron chi connectivity index (χ3n) is 3.40. The second-order valence-corrected chi connectivity index (χ2v) is 5.14. The van der Waals surface area contributed by atoms with Crippen molar-refractivity contribution in [3.05, 3.63) is 35.9 Å². The molecule has 1 fully saturated rings. The van der Waals surface area contributed by atoms with Gasteiger partial charge in [-0.2, -0.15) is 0 Å². The Morgan fingerprint density at radius 1 is 1.30 bits per heavy atom. The average molecular weight is 296 g/mol. The summed E-state index contributed by atoms with van der Waals surface area (Å²) < 4.78 is 0. The van der Waals surface area contributed by atoms with Crippen LogP contribution in [0.2, 0.25) is 0 Å². The topological polar surface area (TPSA) is 52.6 Å². The van der Waals surface area contributed by atoms with Gasteiger partial charge in [0, 0.05) is 19.6 Å². The summed E-state index contributed by atoms with van der Waals surface area (Å²) in [5.41, 5.74) is 1.06. The Balaban J connectivity index is 2.16. The SMILES string of the molecule is CN1CCN(C(=O)NC(=O)CCl)C(c2ccccc2)C1.